The molecule has 0 bridgehead atoms. The van der Waals surface area contributed by atoms with E-state index >= 15 is 0 Å². The molecule has 0 saturated carbocycles. The molecule has 0 aliphatic heterocycles. The van der Waals surface area contributed by atoms with Gasteiger partial charge in [0.2, 0.25) is 0 Å². The van der Waals surface area contributed by atoms with E-state index in [0.717, 1.165) is 31.7 Å². The molecule has 104 valence electrons. The number of rotatable bonds is 7. The van der Waals surface area contributed by atoms with Gasteiger partial charge in [0.25, 0.3) is 0 Å². The van der Waals surface area contributed by atoms with Gasteiger partial charge in [-0.05, 0) is 37.7 Å². The van der Waals surface area contributed by atoms with Crippen LogP contribution < -0.4 is 0 Å². The Morgan fingerprint density at radius 2 is 2.05 bits per heavy atom. The lowest BCUT2D eigenvalue weighted by Crippen LogP contribution is -2.34. The van der Waals surface area contributed by atoms with Gasteiger partial charge < -0.3 is 4.90 Å². The van der Waals surface area contributed by atoms with Crippen molar-refractivity contribution in [3.63, 3.8) is 0 Å². The lowest BCUT2D eigenvalue weighted by molar-refractivity contribution is 0.211. The zero-order valence-corrected chi connectivity index (χ0v) is 12.4. The van der Waals surface area contributed by atoms with Crippen molar-refractivity contribution in [3.8, 4) is 6.07 Å². The molecule has 4 heteroatoms. The topological polar surface area (TPSA) is 43.2 Å². The zero-order chi connectivity index (χ0) is 14.3. The maximum absolute atomic E-state index is 8.88. The third-order valence-electron chi connectivity index (χ3n) is 2.83. The first-order valence-electron chi connectivity index (χ1n) is 6.73. The van der Waals surface area contributed by atoms with E-state index in [4.69, 9.17) is 5.26 Å². The highest BCUT2D eigenvalue weighted by Gasteiger charge is 2.09. The van der Waals surface area contributed by atoms with Crippen molar-refractivity contribution in [2.45, 2.75) is 20.4 Å². The van der Waals surface area contributed by atoms with Gasteiger partial charge in [-0.15, -0.1) is 0 Å². The molecule has 0 aliphatic carbocycles. The Balaban J connectivity index is 2.67. The second kappa shape index (κ2) is 7.88. The molecule has 19 heavy (non-hydrogen) atoms. The predicted molar refractivity (Wildman–Crippen MR) is 77.6 cm³/mol. The van der Waals surface area contributed by atoms with Crippen LogP contribution in [-0.2, 0) is 6.54 Å². The number of likely N-dealkylation sites (N-methyl/N-ethyl adjacent to an activating group) is 1. The van der Waals surface area contributed by atoms with Crippen LogP contribution in [0.3, 0.4) is 0 Å². The molecule has 0 aromatic carbocycles. The van der Waals surface area contributed by atoms with Crippen molar-refractivity contribution in [1.29, 1.82) is 5.26 Å². The summed E-state index contributed by atoms with van der Waals surface area (Å²) in [5, 5.41) is 8.88. The van der Waals surface area contributed by atoms with Crippen LogP contribution in [0.5, 0.6) is 0 Å². The molecule has 0 unspecified atom stereocenters. The number of nitriles is 1. The molecule has 0 saturated heterocycles. The average Bonchev–Trinajstić information content (AvgIpc) is 2.35. The fraction of sp³-hybridized carbons (Fsp3) is 0.600. The fourth-order valence-electron chi connectivity index (χ4n) is 1.98. The summed E-state index contributed by atoms with van der Waals surface area (Å²) in [5.74, 6) is 0.638. The number of hydrogen-bond donors (Lipinski definition) is 0. The van der Waals surface area contributed by atoms with Gasteiger partial charge in [0, 0.05) is 32.4 Å². The second-order valence-electron chi connectivity index (χ2n) is 5.59. The minimum Gasteiger partial charge on any atom is -0.308 e. The van der Waals surface area contributed by atoms with Crippen LogP contribution in [0.2, 0.25) is 0 Å². The van der Waals surface area contributed by atoms with E-state index in [9.17, 15) is 0 Å². The van der Waals surface area contributed by atoms with Crippen molar-refractivity contribution >= 4 is 0 Å². The van der Waals surface area contributed by atoms with E-state index < -0.39 is 0 Å². The van der Waals surface area contributed by atoms with Crippen LogP contribution in [0.4, 0.5) is 0 Å². The van der Waals surface area contributed by atoms with E-state index in [0.29, 0.717) is 11.6 Å². The van der Waals surface area contributed by atoms with E-state index in [1.807, 2.05) is 12.1 Å². The first kappa shape index (κ1) is 15.6. The van der Waals surface area contributed by atoms with E-state index in [1.165, 1.54) is 0 Å². The summed E-state index contributed by atoms with van der Waals surface area (Å²) in [6, 6.07) is 5.96. The molecule has 0 fully saturated rings. The van der Waals surface area contributed by atoms with Crippen molar-refractivity contribution in [2.24, 2.45) is 5.92 Å². The van der Waals surface area contributed by atoms with Crippen LogP contribution in [-0.4, -0.2) is 48.5 Å². The van der Waals surface area contributed by atoms with Gasteiger partial charge in [0.05, 0.1) is 0 Å². The van der Waals surface area contributed by atoms with Crippen molar-refractivity contribution < 1.29 is 0 Å². The largest absolute Gasteiger partial charge is 0.308 e. The normalized spacial score (nSPS) is 11.3. The Kier molecular flexibility index (Phi) is 6.48. The van der Waals surface area contributed by atoms with Gasteiger partial charge in [0.15, 0.2) is 0 Å². The molecular weight excluding hydrogens is 236 g/mol. The van der Waals surface area contributed by atoms with E-state index in [-0.39, 0.29) is 0 Å². The average molecular weight is 260 g/mol. The van der Waals surface area contributed by atoms with Crippen LogP contribution in [0.15, 0.2) is 18.3 Å². The summed E-state index contributed by atoms with van der Waals surface area (Å²) < 4.78 is 0. The van der Waals surface area contributed by atoms with Gasteiger partial charge >= 0.3 is 0 Å². The Morgan fingerprint density at radius 1 is 1.32 bits per heavy atom. The number of nitrogens with zero attached hydrogens (tertiary/aromatic N) is 4. The lowest BCUT2D eigenvalue weighted by Gasteiger charge is -2.25. The number of hydrogen-bond acceptors (Lipinski definition) is 4. The molecule has 4 nitrogen and oxygen atoms in total. The molecule has 0 radical (unpaired) electrons. The summed E-state index contributed by atoms with van der Waals surface area (Å²) in [6.07, 6.45) is 1.72. The van der Waals surface area contributed by atoms with Gasteiger partial charge in [-0.1, -0.05) is 13.8 Å². The lowest BCUT2D eigenvalue weighted by atomic mass is 10.1. The Hall–Kier alpha value is -1.44. The maximum atomic E-state index is 8.88. The van der Waals surface area contributed by atoms with Gasteiger partial charge in [0.1, 0.15) is 11.8 Å². The quantitative estimate of drug-likeness (QED) is 0.752. The van der Waals surface area contributed by atoms with Crippen LogP contribution in [0.25, 0.3) is 0 Å². The number of pyridine rings is 1. The molecular formula is C15H24N4. The zero-order valence-electron chi connectivity index (χ0n) is 12.4. The second-order valence-corrected chi connectivity index (χ2v) is 5.59. The molecule has 0 N–H and O–H groups in total. The van der Waals surface area contributed by atoms with Gasteiger partial charge in [-0.3, -0.25) is 4.90 Å². The van der Waals surface area contributed by atoms with Gasteiger partial charge in [-0.2, -0.15) is 5.26 Å². The SMILES string of the molecule is CC(C)CN(CCN(C)C)Cc1ccnc(C#N)c1. The summed E-state index contributed by atoms with van der Waals surface area (Å²) in [7, 11) is 4.18. The molecule has 0 aliphatic rings. The highest BCUT2D eigenvalue weighted by atomic mass is 15.2. The Morgan fingerprint density at radius 3 is 2.63 bits per heavy atom. The summed E-state index contributed by atoms with van der Waals surface area (Å²) >= 11 is 0. The Bertz CT molecular complexity index is 420. The van der Waals surface area contributed by atoms with E-state index in [2.05, 4.69) is 48.8 Å². The molecule has 0 spiro atoms. The molecule has 0 amide bonds. The smallest absolute Gasteiger partial charge is 0.140 e. The standard InChI is InChI=1S/C15H24N4/c1-13(2)11-19(8-7-18(3)4)12-14-5-6-17-15(9-14)10-16/h5-6,9,13H,7-8,11-12H2,1-4H3. The van der Waals surface area contributed by atoms with Crippen LogP contribution in [0.1, 0.15) is 25.1 Å². The predicted octanol–water partition coefficient (Wildman–Crippen LogP) is 1.97. The maximum Gasteiger partial charge on any atom is 0.140 e. The van der Waals surface area contributed by atoms with Crippen molar-refractivity contribution in [1.82, 2.24) is 14.8 Å². The molecule has 1 aromatic rings. The minimum absolute atomic E-state index is 0.495. The third kappa shape index (κ3) is 6.32. The molecule has 1 heterocycles. The monoisotopic (exact) mass is 260 g/mol. The molecule has 1 aromatic heterocycles. The van der Waals surface area contributed by atoms with Gasteiger partial charge in [-0.25, -0.2) is 4.98 Å². The first-order valence-corrected chi connectivity index (χ1v) is 6.73. The fourth-order valence-corrected chi connectivity index (χ4v) is 1.98. The van der Waals surface area contributed by atoms with Crippen LogP contribution in [0, 0.1) is 17.2 Å². The molecule has 1 rings (SSSR count). The summed E-state index contributed by atoms with van der Waals surface area (Å²) in [6.45, 7) is 8.49. The van der Waals surface area contributed by atoms with Crippen molar-refractivity contribution in [2.75, 3.05) is 33.7 Å². The first-order chi connectivity index (χ1) is 9.01. The van der Waals surface area contributed by atoms with Crippen LogP contribution >= 0.6 is 0 Å². The summed E-state index contributed by atoms with van der Waals surface area (Å²) in [4.78, 5) is 8.64. The van der Waals surface area contributed by atoms with Crippen molar-refractivity contribution in [3.05, 3.63) is 29.6 Å². The minimum atomic E-state index is 0.495. The summed E-state index contributed by atoms with van der Waals surface area (Å²) in [5.41, 5.74) is 1.65. The van der Waals surface area contributed by atoms with E-state index in [1.54, 1.807) is 6.20 Å². The highest BCUT2D eigenvalue weighted by molar-refractivity contribution is 5.25. The Labute approximate surface area is 116 Å². The highest BCUT2D eigenvalue weighted by Crippen LogP contribution is 2.08. The molecule has 0 atom stereocenters. The third-order valence-corrected chi connectivity index (χ3v) is 2.83. The number of aromatic nitrogens is 1.